The molecule has 0 saturated carbocycles. The lowest BCUT2D eigenvalue weighted by molar-refractivity contribution is -0.424. The highest BCUT2D eigenvalue weighted by atomic mass is 16.8. The third-order valence-corrected chi connectivity index (χ3v) is 18.7. The number of aliphatic carboxylic acids is 4. The largest absolute Gasteiger partial charge is 0.479 e. The molecular weight excluding hydrogens is 1400 g/mol. The van der Waals surface area contributed by atoms with Gasteiger partial charge in [0.2, 0.25) is 0 Å². The lowest BCUT2D eigenvalue weighted by atomic mass is 9.94. The molecule has 0 spiro atoms. The van der Waals surface area contributed by atoms with Crippen molar-refractivity contribution >= 4 is 23.9 Å². The lowest BCUT2D eigenvalue weighted by Gasteiger charge is -2.53. The molecule has 10 fully saturated rings. The predicted molar refractivity (Wildman–Crippen MR) is 293 cm³/mol. The first kappa shape index (κ1) is 79.9. The molecule has 0 aromatic heterocycles. The van der Waals surface area contributed by atoms with Crippen molar-refractivity contribution in [3.05, 3.63) is 0 Å². The molecule has 0 aliphatic carbocycles. The highest BCUT2D eigenvalue weighted by Gasteiger charge is 2.63. The van der Waals surface area contributed by atoms with E-state index >= 15 is 0 Å². The van der Waals surface area contributed by atoms with E-state index in [0.29, 0.717) is 0 Å². The van der Waals surface area contributed by atoms with E-state index in [1.165, 1.54) is 0 Å². The zero-order chi connectivity index (χ0) is 74.1. The van der Waals surface area contributed by atoms with Crippen molar-refractivity contribution in [2.75, 3.05) is 39.6 Å². The highest BCUT2D eigenvalue weighted by Crippen LogP contribution is 2.42. The summed E-state index contributed by atoms with van der Waals surface area (Å²) in [7, 11) is 0. The van der Waals surface area contributed by atoms with Gasteiger partial charge in [-0.25, -0.2) is 19.2 Å². The van der Waals surface area contributed by atoms with Crippen molar-refractivity contribution < 1.29 is 232 Å². The molecule has 0 bridgehead atoms. The molecule has 580 valence electrons. The molecule has 101 heavy (non-hydrogen) atoms. The van der Waals surface area contributed by atoms with Gasteiger partial charge in [0.15, 0.2) is 62.5 Å². The van der Waals surface area contributed by atoms with Crippen LogP contribution >= 0.6 is 0 Å². The molecule has 0 aromatic carbocycles. The van der Waals surface area contributed by atoms with Crippen LogP contribution in [0.1, 0.15) is 13.8 Å². The van der Waals surface area contributed by atoms with E-state index in [1.54, 1.807) is 0 Å². The van der Waals surface area contributed by atoms with Crippen LogP contribution in [0.5, 0.6) is 0 Å². The van der Waals surface area contributed by atoms with Gasteiger partial charge in [0, 0.05) is 13.8 Å². The minimum Gasteiger partial charge on any atom is -0.479 e. The molecule has 47 nitrogen and oxygen atoms in total. The van der Waals surface area contributed by atoms with E-state index in [0.717, 1.165) is 13.8 Å². The Labute approximate surface area is 565 Å². The summed E-state index contributed by atoms with van der Waals surface area (Å²) in [5.41, 5.74) is 0. The summed E-state index contributed by atoms with van der Waals surface area (Å²) in [6.07, 6.45) is -83.7. The van der Waals surface area contributed by atoms with E-state index in [9.17, 15) is 142 Å². The van der Waals surface area contributed by atoms with Gasteiger partial charge in [-0.15, -0.1) is 0 Å². The number of aliphatic hydroxyl groups is 20. The SMILES string of the molecule is CC1(C(=O)O)OC[C@H]2O[C@@H](O[C@H]3[C@@H]4OC(C)(C(=O)O)OC[C@H]4OC(O[C@H]4[C@H](O)[C@@H](O)[C@H](O[C@H]5[C@H](O)[C@@H](O)[C@H](OC[C@H]6O[C@H](O)[C@H](O)[C@@H](O)[C@@H]6O[C@@H]6O[C@H](CO)[C@@H](O[C@@H]7O[C@H](C(=O)O)[C@@H](O[C@@H]8O[C@H](C(=O)O)[C@@H](O)[C@H](O)[C@H]8O)[C@H](O)[C@H]7O)[C@H](O)[C@H]6O)O[C@@H]5CO)O[C@@H]4CO)[C@@H]3O)[C@H](O)[C@@H](O)[C@H]2O1. The molecular formula is C54H82O47. The van der Waals surface area contributed by atoms with Crippen LogP contribution in [0.15, 0.2) is 0 Å². The van der Waals surface area contributed by atoms with Crippen molar-refractivity contribution in [2.24, 2.45) is 0 Å². The van der Waals surface area contributed by atoms with Crippen molar-refractivity contribution in [2.45, 2.75) is 271 Å². The van der Waals surface area contributed by atoms with Gasteiger partial charge < -0.3 is 213 Å². The summed E-state index contributed by atoms with van der Waals surface area (Å²) in [4.78, 5) is 48.2. The molecule has 24 N–H and O–H groups in total. The average Bonchev–Trinajstić information content (AvgIpc) is 0.756. The fraction of sp³-hybridized carbons (Fsp3) is 0.926. The Morgan fingerprint density at radius 3 is 1.13 bits per heavy atom. The molecule has 3 unspecified atom stereocenters. The molecule has 42 atom stereocenters. The first-order chi connectivity index (χ1) is 47.5. The number of carboxylic acid groups (broad SMARTS) is 4. The number of hydrogen-bond acceptors (Lipinski definition) is 43. The summed E-state index contributed by atoms with van der Waals surface area (Å²) in [5, 5.41) is 259. The normalized spacial score (nSPS) is 52.7. The standard InChI is InChI=1S/C54H82O47/c1-53(51(79)80)84-7-13-35(100-53)21(64)28(71)47(90-13)97-38-30(73)50(91-14-8-85-54(2,52(81)82)101-36(14)38)94-33-11(5-57)88-45(26(69)20(33)63)92-31-9(3-55)87-44(25(68)18(31)61)83-6-12-34(17(60)23(66)43(78)86-12)95-46-27(70)19(62)32(10(4-56)89-46)93-49-29(72)22(65)37(40(99-49)42(76)77)96-48-24(67)15(58)16(59)39(98-48)41(74)75/h9-40,43-50,55-73,78H,3-8H2,1-2H3,(H,74,75)(H,76,77)(H,79,80)(H,81,82)/t9-,10-,11-,12-,13-,14-,15+,16+,17-,18-,19-,20-,21-,22-,23-,24-,25-,26-,27-,28-,29-,30-,31-,32-,33-,34-,35+,36-,37+,38-,39+,40+,43+,44-,45+,46+,47+,48-,49-,50?,53?,54?/m1/s1. The third kappa shape index (κ3) is 15.7. The van der Waals surface area contributed by atoms with E-state index in [1.807, 2.05) is 0 Å². The second-order valence-corrected chi connectivity index (χ2v) is 25.4. The lowest BCUT2D eigenvalue weighted by Crippen LogP contribution is -2.71. The Kier molecular flexibility index (Phi) is 25.3. The Hall–Kier alpha value is -3.68. The molecule has 47 heteroatoms. The first-order valence-corrected chi connectivity index (χ1v) is 31.2. The Morgan fingerprint density at radius 2 is 0.673 bits per heavy atom. The van der Waals surface area contributed by atoms with Crippen molar-refractivity contribution in [3.8, 4) is 0 Å². The molecule has 0 radical (unpaired) electrons. The number of hydrogen-bond donors (Lipinski definition) is 24. The fourth-order valence-electron chi connectivity index (χ4n) is 12.9. The van der Waals surface area contributed by atoms with Crippen LogP contribution in [0.25, 0.3) is 0 Å². The predicted octanol–water partition coefficient (Wildman–Crippen LogP) is -16.5. The minimum atomic E-state index is -2.44. The van der Waals surface area contributed by atoms with Crippen LogP contribution in [0.2, 0.25) is 0 Å². The van der Waals surface area contributed by atoms with Crippen molar-refractivity contribution in [1.82, 2.24) is 0 Å². The number of ether oxygens (including phenoxy) is 19. The molecule has 10 rings (SSSR count). The van der Waals surface area contributed by atoms with Gasteiger partial charge >= 0.3 is 23.9 Å². The van der Waals surface area contributed by atoms with Gasteiger partial charge in [-0.3, -0.25) is 0 Å². The van der Waals surface area contributed by atoms with Gasteiger partial charge in [-0.05, 0) is 0 Å². The number of aliphatic hydroxyl groups excluding tert-OH is 20. The van der Waals surface area contributed by atoms with E-state index in [-0.39, 0.29) is 0 Å². The van der Waals surface area contributed by atoms with Gasteiger partial charge in [-0.1, -0.05) is 0 Å². The third-order valence-electron chi connectivity index (χ3n) is 18.7. The Bertz CT molecular complexity index is 2790. The maximum atomic E-state index is 12.4. The number of rotatable bonds is 22. The second kappa shape index (κ2) is 32.0. The molecule has 10 saturated heterocycles. The molecule has 10 heterocycles. The van der Waals surface area contributed by atoms with Crippen molar-refractivity contribution in [1.29, 1.82) is 0 Å². The van der Waals surface area contributed by atoms with Gasteiger partial charge in [-0.2, -0.15) is 0 Å². The smallest absolute Gasteiger partial charge is 0.364 e. The van der Waals surface area contributed by atoms with E-state index in [2.05, 4.69) is 0 Å². The monoisotopic (exact) mass is 1480 g/mol. The average molecular weight is 1480 g/mol. The van der Waals surface area contributed by atoms with Crippen LogP contribution in [0.4, 0.5) is 0 Å². The summed E-state index contributed by atoms with van der Waals surface area (Å²) < 4.78 is 106. The fourth-order valence-corrected chi connectivity index (χ4v) is 12.9. The van der Waals surface area contributed by atoms with Crippen LogP contribution in [-0.2, 0) is 109 Å². The van der Waals surface area contributed by atoms with Crippen LogP contribution in [-0.4, -0.2) is 443 Å². The molecule has 10 aliphatic heterocycles. The Balaban J connectivity index is 0.759. The van der Waals surface area contributed by atoms with Gasteiger partial charge in [0.25, 0.3) is 11.6 Å². The van der Waals surface area contributed by atoms with Crippen LogP contribution in [0, 0.1) is 0 Å². The van der Waals surface area contributed by atoms with E-state index < -0.39 is 321 Å². The summed E-state index contributed by atoms with van der Waals surface area (Å²) >= 11 is 0. The van der Waals surface area contributed by atoms with Crippen molar-refractivity contribution in [3.63, 3.8) is 0 Å². The minimum absolute atomic E-state index is 0.545. The van der Waals surface area contributed by atoms with Gasteiger partial charge in [0.05, 0.1) is 39.6 Å². The number of fused-ring (bicyclic) bond motifs is 2. The zero-order valence-electron chi connectivity index (χ0n) is 52.5. The highest BCUT2D eigenvalue weighted by molar-refractivity contribution is 5.76. The van der Waals surface area contributed by atoms with Gasteiger partial charge in [0.1, 0.15) is 183 Å². The summed E-state index contributed by atoms with van der Waals surface area (Å²) in [6.45, 7) is -3.59. The molecule has 0 aromatic rings. The molecule has 0 amide bonds. The number of carboxylic acids is 4. The quantitative estimate of drug-likeness (QED) is 0.0479. The summed E-state index contributed by atoms with van der Waals surface area (Å²) in [5.74, 6) is -11.8. The second-order valence-electron chi connectivity index (χ2n) is 25.4. The number of carbonyl (C=O) groups is 4. The Morgan fingerprint density at radius 1 is 0.337 bits per heavy atom. The maximum Gasteiger partial charge on any atom is 0.364 e. The molecule has 10 aliphatic rings. The van der Waals surface area contributed by atoms with E-state index in [4.69, 9.17) is 90.0 Å². The van der Waals surface area contributed by atoms with Crippen LogP contribution in [0.3, 0.4) is 0 Å². The first-order valence-electron chi connectivity index (χ1n) is 31.2. The van der Waals surface area contributed by atoms with Crippen LogP contribution < -0.4 is 0 Å². The topological polar surface area (TPSA) is 729 Å². The maximum absolute atomic E-state index is 12.4. The zero-order valence-corrected chi connectivity index (χ0v) is 52.5. The summed E-state index contributed by atoms with van der Waals surface area (Å²) in [6, 6.07) is 0.